The molecule has 0 aliphatic carbocycles. The maximum Gasteiger partial charge on any atom is 0.156 e. The summed E-state index contributed by atoms with van der Waals surface area (Å²) in [5.74, 6) is 1.71. The van der Waals surface area contributed by atoms with E-state index in [9.17, 15) is 0 Å². The molecule has 0 amide bonds. The van der Waals surface area contributed by atoms with Crippen molar-refractivity contribution in [1.29, 1.82) is 0 Å². The van der Waals surface area contributed by atoms with Crippen LogP contribution in [0.3, 0.4) is 0 Å². The minimum atomic E-state index is 0.806. The first-order valence-electron chi connectivity index (χ1n) is 6.58. The van der Waals surface area contributed by atoms with E-state index in [-0.39, 0.29) is 0 Å². The Labute approximate surface area is 107 Å². The van der Waals surface area contributed by atoms with Crippen molar-refractivity contribution in [3.05, 3.63) is 30.5 Å². The van der Waals surface area contributed by atoms with Crippen LogP contribution in [0.15, 0.2) is 30.5 Å². The minimum Gasteiger partial charge on any atom is -0.368 e. The lowest BCUT2D eigenvalue weighted by molar-refractivity contribution is 0.549. The average Bonchev–Trinajstić information content (AvgIpc) is 2.92. The highest BCUT2D eigenvalue weighted by Gasteiger charge is 2.13. The van der Waals surface area contributed by atoms with E-state index in [1.165, 1.54) is 19.4 Å². The van der Waals surface area contributed by atoms with Gasteiger partial charge >= 0.3 is 0 Å². The van der Waals surface area contributed by atoms with Gasteiger partial charge in [-0.3, -0.25) is 0 Å². The molecule has 1 aromatic carbocycles. The van der Waals surface area contributed by atoms with Crippen LogP contribution in [0.2, 0.25) is 0 Å². The summed E-state index contributed by atoms with van der Waals surface area (Å²) in [4.78, 5) is 0. The second-order valence-corrected chi connectivity index (χ2v) is 4.85. The van der Waals surface area contributed by atoms with Crippen molar-refractivity contribution < 1.29 is 0 Å². The van der Waals surface area contributed by atoms with Crippen molar-refractivity contribution >= 4 is 16.6 Å². The highest BCUT2D eigenvalue weighted by molar-refractivity contribution is 5.90. The minimum absolute atomic E-state index is 0.806. The molecule has 3 rings (SSSR count). The topological polar surface area (TPSA) is 49.8 Å². The van der Waals surface area contributed by atoms with Gasteiger partial charge in [0.15, 0.2) is 5.82 Å². The van der Waals surface area contributed by atoms with Gasteiger partial charge in [-0.15, -0.1) is 5.10 Å². The Hall–Kier alpha value is -1.68. The molecular formula is C14H18N4. The van der Waals surface area contributed by atoms with Crippen molar-refractivity contribution in [3.63, 3.8) is 0 Å². The largest absolute Gasteiger partial charge is 0.368 e. The van der Waals surface area contributed by atoms with Gasteiger partial charge in [-0.1, -0.05) is 24.3 Å². The van der Waals surface area contributed by atoms with Crippen molar-refractivity contribution in [2.75, 3.05) is 25.0 Å². The molecule has 94 valence electrons. The first-order chi connectivity index (χ1) is 8.93. The number of nitrogens with zero attached hydrogens (tertiary/aromatic N) is 2. The normalized spacial score (nSPS) is 19.2. The van der Waals surface area contributed by atoms with Crippen LogP contribution >= 0.6 is 0 Å². The second kappa shape index (κ2) is 5.31. The van der Waals surface area contributed by atoms with E-state index in [1.807, 2.05) is 12.1 Å². The van der Waals surface area contributed by atoms with Crippen LogP contribution in [0.4, 0.5) is 5.82 Å². The van der Waals surface area contributed by atoms with Crippen LogP contribution in [0.25, 0.3) is 10.8 Å². The molecule has 1 atom stereocenters. The van der Waals surface area contributed by atoms with Crippen molar-refractivity contribution in [1.82, 2.24) is 15.5 Å². The van der Waals surface area contributed by atoms with Crippen LogP contribution in [-0.2, 0) is 0 Å². The first kappa shape index (κ1) is 11.4. The number of fused-ring (bicyclic) bond motifs is 1. The van der Waals surface area contributed by atoms with Gasteiger partial charge < -0.3 is 10.6 Å². The van der Waals surface area contributed by atoms with E-state index in [1.54, 1.807) is 6.20 Å². The monoisotopic (exact) mass is 242 g/mol. The third kappa shape index (κ3) is 2.43. The summed E-state index contributed by atoms with van der Waals surface area (Å²) in [5.41, 5.74) is 0. The molecule has 1 aliphatic heterocycles. The van der Waals surface area contributed by atoms with E-state index in [0.29, 0.717) is 0 Å². The van der Waals surface area contributed by atoms with E-state index in [0.717, 1.165) is 35.6 Å². The Kier molecular flexibility index (Phi) is 3.37. The Bertz CT molecular complexity index is 515. The Morgan fingerprint density at radius 3 is 3.17 bits per heavy atom. The molecule has 0 bridgehead atoms. The highest BCUT2D eigenvalue weighted by Crippen LogP contribution is 2.19. The maximum atomic E-state index is 4.19. The number of benzene rings is 1. The fourth-order valence-electron chi connectivity index (χ4n) is 2.51. The smallest absolute Gasteiger partial charge is 0.156 e. The van der Waals surface area contributed by atoms with Crippen molar-refractivity contribution in [3.8, 4) is 0 Å². The summed E-state index contributed by atoms with van der Waals surface area (Å²) in [7, 11) is 0. The number of hydrogen-bond acceptors (Lipinski definition) is 4. The molecule has 4 nitrogen and oxygen atoms in total. The van der Waals surface area contributed by atoms with E-state index in [4.69, 9.17) is 0 Å². The molecule has 18 heavy (non-hydrogen) atoms. The Morgan fingerprint density at radius 2 is 2.28 bits per heavy atom. The van der Waals surface area contributed by atoms with Gasteiger partial charge in [-0.25, -0.2) is 0 Å². The summed E-state index contributed by atoms with van der Waals surface area (Å²) in [6, 6.07) is 8.22. The fourth-order valence-corrected chi connectivity index (χ4v) is 2.51. The molecule has 1 unspecified atom stereocenters. The number of rotatable bonds is 4. The zero-order valence-corrected chi connectivity index (χ0v) is 10.4. The average molecular weight is 242 g/mol. The Morgan fingerprint density at radius 1 is 1.33 bits per heavy atom. The zero-order chi connectivity index (χ0) is 12.2. The highest BCUT2D eigenvalue weighted by atomic mass is 15.2. The molecule has 1 aromatic heterocycles. The molecule has 2 heterocycles. The zero-order valence-electron chi connectivity index (χ0n) is 10.4. The van der Waals surface area contributed by atoms with Crippen molar-refractivity contribution in [2.45, 2.75) is 12.8 Å². The molecule has 0 radical (unpaired) electrons. The van der Waals surface area contributed by atoms with Gasteiger partial charge in [0, 0.05) is 17.3 Å². The predicted molar refractivity (Wildman–Crippen MR) is 73.6 cm³/mol. The van der Waals surface area contributed by atoms with Crippen LogP contribution < -0.4 is 10.6 Å². The third-order valence-electron chi connectivity index (χ3n) is 3.58. The Balaban J connectivity index is 1.66. The van der Waals surface area contributed by atoms with Crippen LogP contribution in [0.1, 0.15) is 12.8 Å². The van der Waals surface area contributed by atoms with Gasteiger partial charge in [-0.2, -0.15) is 5.10 Å². The van der Waals surface area contributed by atoms with Gasteiger partial charge in [-0.05, 0) is 31.8 Å². The summed E-state index contributed by atoms with van der Waals surface area (Å²) < 4.78 is 0. The SMILES string of the molecule is c1ccc2c(NCCC3CCNC3)nncc2c1. The van der Waals surface area contributed by atoms with E-state index >= 15 is 0 Å². The van der Waals surface area contributed by atoms with E-state index in [2.05, 4.69) is 33.0 Å². The maximum absolute atomic E-state index is 4.19. The molecule has 1 fully saturated rings. The lowest BCUT2D eigenvalue weighted by Gasteiger charge is -2.10. The van der Waals surface area contributed by atoms with Crippen LogP contribution in [-0.4, -0.2) is 29.8 Å². The first-order valence-corrected chi connectivity index (χ1v) is 6.58. The predicted octanol–water partition coefficient (Wildman–Crippen LogP) is 2.04. The van der Waals surface area contributed by atoms with Crippen LogP contribution in [0.5, 0.6) is 0 Å². The number of anilines is 1. The molecule has 2 N–H and O–H groups in total. The third-order valence-corrected chi connectivity index (χ3v) is 3.58. The van der Waals surface area contributed by atoms with E-state index < -0.39 is 0 Å². The standard InChI is InChI=1S/C14H18N4/c1-2-4-13-12(3-1)10-17-18-14(13)16-8-6-11-5-7-15-9-11/h1-4,10-11,15H,5-9H2,(H,16,18). The summed E-state index contributed by atoms with van der Waals surface area (Å²) in [5, 5.41) is 17.3. The second-order valence-electron chi connectivity index (χ2n) is 4.85. The molecule has 1 saturated heterocycles. The molecule has 0 saturated carbocycles. The summed E-state index contributed by atoms with van der Waals surface area (Å²) >= 11 is 0. The fraction of sp³-hybridized carbons (Fsp3) is 0.429. The summed E-state index contributed by atoms with van der Waals surface area (Å²) in [6.07, 6.45) is 4.29. The molecular weight excluding hydrogens is 224 g/mol. The quantitative estimate of drug-likeness (QED) is 0.861. The summed E-state index contributed by atoms with van der Waals surface area (Å²) in [6.45, 7) is 3.29. The van der Waals surface area contributed by atoms with Gasteiger partial charge in [0.25, 0.3) is 0 Å². The van der Waals surface area contributed by atoms with Gasteiger partial charge in [0.05, 0.1) is 6.20 Å². The van der Waals surface area contributed by atoms with Gasteiger partial charge in [0.2, 0.25) is 0 Å². The molecule has 2 aromatic rings. The lowest BCUT2D eigenvalue weighted by Crippen LogP contribution is -2.13. The number of aromatic nitrogens is 2. The molecule has 4 heteroatoms. The van der Waals surface area contributed by atoms with Crippen molar-refractivity contribution in [2.24, 2.45) is 5.92 Å². The lowest BCUT2D eigenvalue weighted by atomic mass is 10.1. The van der Waals surface area contributed by atoms with Gasteiger partial charge in [0.1, 0.15) is 0 Å². The number of nitrogens with one attached hydrogen (secondary N) is 2. The molecule has 1 aliphatic rings. The van der Waals surface area contributed by atoms with Crippen LogP contribution in [0, 0.1) is 5.92 Å². The molecule has 0 spiro atoms. The number of hydrogen-bond donors (Lipinski definition) is 2.